The van der Waals surface area contributed by atoms with Gasteiger partial charge in [0.25, 0.3) is 0 Å². The predicted molar refractivity (Wildman–Crippen MR) is 195 cm³/mol. The fourth-order valence-corrected chi connectivity index (χ4v) is 8.21. The molecule has 0 aliphatic carbocycles. The maximum Gasteiger partial charge on any atom is 0.327 e. The Morgan fingerprint density at radius 3 is 1.14 bits per heavy atom. The third-order valence-corrected chi connectivity index (χ3v) is 10.5. The molecule has 0 bridgehead atoms. The van der Waals surface area contributed by atoms with Crippen molar-refractivity contribution in [3.63, 3.8) is 0 Å². The summed E-state index contributed by atoms with van der Waals surface area (Å²) in [6.07, 6.45) is 0. The average Bonchev–Trinajstić information content (AvgIpc) is 3.99. The van der Waals surface area contributed by atoms with Gasteiger partial charge in [-0.3, -0.25) is 9.13 Å². The number of nitrogens with zero attached hydrogens (tertiary/aromatic N) is 6. The quantitative estimate of drug-likeness (QED) is 0.188. The summed E-state index contributed by atoms with van der Waals surface area (Å²) in [5, 5.41) is 24.7. The van der Waals surface area contributed by atoms with Gasteiger partial charge in [-0.2, -0.15) is 0 Å². The topological polar surface area (TPSA) is 87.7 Å². The van der Waals surface area contributed by atoms with Crippen LogP contribution < -0.4 is 0 Å². The Labute approximate surface area is 281 Å². The molecule has 0 atom stereocenters. The van der Waals surface area contributed by atoms with Crippen molar-refractivity contribution in [1.29, 1.82) is 0 Å². The summed E-state index contributed by atoms with van der Waals surface area (Å²) in [6.45, 7) is 0. The number of aromatic nitrogens is 6. The number of hydrogen-bond acceptors (Lipinski definition) is 7. The van der Waals surface area contributed by atoms with E-state index in [0.29, 0.717) is 23.8 Å². The van der Waals surface area contributed by atoms with E-state index in [1.165, 1.54) is 0 Å². The second-order valence-electron chi connectivity index (χ2n) is 12.0. The molecule has 0 aliphatic rings. The van der Waals surface area contributed by atoms with Crippen molar-refractivity contribution in [2.24, 2.45) is 0 Å². The first-order valence-corrected chi connectivity index (χ1v) is 16.7. The molecule has 0 N–H and O–H groups in total. The molecule has 9 heteroatoms. The molecule has 5 heterocycles. The van der Waals surface area contributed by atoms with E-state index < -0.39 is 0 Å². The molecular weight excluding hydrogens is 629 g/mol. The van der Waals surface area contributed by atoms with Crippen LogP contribution in [0.15, 0.2) is 142 Å². The Hall–Kier alpha value is -6.58. The smallest absolute Gasteiger partial charge is 0.327 e. The van der Waals surface area contributed by atoms with E-state index in [2.05, 4.69) is 93.2 Å². The van der Waals surface area contributed by atoms with E-state index in [4.69, 9.17) is 8.83 Å². The number of thiophene rings is 1. The van der Waals surface area contributed by atoms with Crippen LogP contribution in [0.1, 0.15) is 0 Å². The highest BCUT2D eigenvalue weighted by molar-refractivity contribution is 7.25. The van der Waals surface area contributed by atoms with Gasteiger partial charge in [0.1, 0.15) is 0 Å². The lowest BCUT2D eigenvalue weighted by Gasteiger charge is -2.01. The Balaban J connectivity index is 1.00. The first-order valence-electron chi connectivity index (χ1n) is 15.9. The summed E-state index contributed by atoms with van der Waals surface area (Å²) in [6, 6.07) is 46.5. The van der Waals surface area contributed by atoms with Crippen molar-refractivity contribution >= 4 is 75.1 Å². The van der Waals surface area contributed by atoms with Crippen molar-refractivity contribution in [1.82, 2.24) is 29.5 Å². The molecule has 49 heavy (non-hydrogen) atoms. The molecule has 11 rings (SSSR count). The molecule has 5 aromatic heterocycles. The number of benzene rings is 6. The molecule has 0 radical (unpaired) electrons. The van der Waals surface area contributed by atoms with Crippen molar-refractivity contribution in [3.8, 4) is 34.9 Å². The van der Waals surface area contributed by atoms with Gasteiger partial charge in [-0.15, -0.1) is 21.5 Å². The van der Waals surface area contributed by atoms with Gasteiger partial charge in [0.15, 0.2) is 0 Å². The molecule has 11 aromatic rings. The third kappa shape index (κ3) is 3.84. The highest BCUT2D eigenvalue weighted by Gasteiger charge is 2.20. The van der Waals surface area contributed by atoms with Gasteiger partial charge in [-0.05, 0) is 60.7 Å². The summed E-state index contributed by atoms with van der Waals surface area (Å²) in [5.74, 6) is 0.920. The first kappa shape index (κ1) is 26.5. The van der Waals surface area contributed by atoms with Crippen LogP contribution >= 0.6 is 11.3 Å². The summed E-state index contributed by atoms with van der Waals surface area (Å²) in [7, 11) is 0. The van der Waals surface area contributed by atoms with Crippen LogP contribution in [0.5, 0.6) is 0 Å². The van der Waals surface area contributed by atoms with E-state index in [0.717, 1.165) is 74.9 Å². The van der Waals surface area contributed by atoms with Gasteiger partial charge in [0.2, 0.25) is 11.8 Å². The van der Waals surface area contributed by atoms with E-state index in [-0.39, 0.29) is 0 Å². The molecule has 6 aromatic carbocycles. The Morgan fingerprint density at radius 2 is 0.755 bits per heavy atom. The minimum Gasteiger partial charge on any atom is -0.403 e. The minimum atomic E-state index is 0.431. The molecule has 230 valence electrons. The van der Waals surface area contributed by atoms with Crippen molar-refractivity contribution in [3.05, 3.63) is 133 Å². The number of hydrogen-bond donors (Lipinski definition) is 0. The second kappa shape index (κ2) is 9.96. The standard InChI is InChI=1S/C40H22N6O2S/c1-5-13-31-25(9-1)26-10-2-6-14-32(26)45(31)39-43-41-37(47-39)23-17-19-35-29(21-23)30-22-24(18-20-36(30)49-35)38-42-44-40(48-38)46-33-15-7-3-11-27(33)28-12-4-8-16-34(28)46/h1-22H. The van der Waals surface area contributed by atoms with Crippen LogP contribution in [-0.4, -0.2) is 29.5 Å². The SMILES string of the molecule is c1ccc2c(c1)c1ccccc1n2-c1nnc(-c2ccc3sc4ccc(-c5nnc(-n6c7ccccc7c7ccccc76)o5)cc4c3c2)o1. The summed E-state index contributed by atoms with van der Waals surface area (Å²) < 4.78 is 19.1. The van der Waals surface area contributed by atoms with Gasteiger partial charge in [-0.25, -0.2) is 0 Å². The highest BCUT2D eigenvalue weighted by Crippen LogP contribution is 2.39. The zero-order valence-electron chi connectivity index (χ0n) is 25.6. The van der Waals surface area contributed by atoms with Gasteiger partial charge in [0, 0.05) is 52.8 Å². The van der Waals surface area contributed by atoms with E-state index in [1.807, 2.05) is 69.8 Å². The summed E-state index contributed by atoms with van der Waals surface area (Å²) in [5.41, 5.74) is 5.79. The second-order valence-corrected chi connectivity index (χ2v) is 13.1. The van der Waals surface area contributed by atoms with Crippen LogP contribution in [0, 0.1) is 0 Å². The number of para-hydroxylation sites is 4. The fourth-order valence-electron chi connectivity index (χ4n) is 7.15. The molecule has 0 aliphatic heterocycles. The fraction of sp³-hybridized carbons (Fsp3) is 0. The molecule has 8 nitrogen and oxygen atoms in total. The van der Waals surface area contributed by atoms with Gasteiger partial charge < -0.3 is 8.83 Å². The normalized spacial score (nSPS) is 12.1. The zero-order valence-corrected chi connectivity index (χ0v) is 26.4. The van der Waals surface area contributed by atoms with Crippen molar-refractivity contribution < 1.29 is 8.83 Å². The largest absolute Gasteiger partial charge is 0.403 e. The van der Waals surface area contributed by atoms with Crippen molar-refractivity contribution in [2.75, 3.05) is 0 Å². The molecule has 0 spiro atoms. The molecule has 0 fully saturated rings. The Morgan fingerprint density at radius 1 is 0.388 bits per heavy atom. The summed E-state index contributed by atoms with van der Waals surface area (Å²) in [4.78, 5) is 0. The van der Waals surface area contributed by atoms with E-state index >= 15 is 0 Å². The Bertz CT molecular complexity index is 2770. The average molecular weight is 651 g/mol. The molecule has 0 saturated carbocycles. The molecule has 0 amide bonds. The summed E-state index contributed by atoms with van der Waals surface area (Å²) >= 11 is 1.74. The highest BCUT2D eigenvalue weighted by atomic mass is 32.1. The molecule has 0 saturated heterocycles. The zero-order chi connectivity index (χ0) is 32.1. The van der Waals surface area contributed by atoms with E-state index in [9.17, 15) is 0 Å². The number of fused-ring (bicyclic) bond motifs is 9. The van der Waals surface area contributed by atoms with Crippen LogP contribution in [0.25, 0.3) is 98.7 Å². The first-order chi connectivity index (χ1) is 24.3. The lowest BCUT2D eigenvalue weighted by Crippen LogP contribution is -1.93. The number of rotatable bonds is 4. The predicted octanol–water partition coefficient (Wildman–Crippen LogP) is 10.3. The van der Waals surface area contributed by atoms with Crippen molar-refractivity contribution in [2.45, 2.75) is 0 Å². The van der Waals surface area contributed by atoms with Crippen LogP contribution in [0.2, 0.25) is 0 Å². The maximum atomic E-state index is 6.37. The molecule has 0 unspecified atom stereocenters. The minimum absolute atomic E-state index is 0.431. The van der Waals surface area contributed by atoms with Gasteiger partial charge in [-0.1, -0.05) is 83.0 Å². The Kier molecular flexibility index (Phi) is 5.38. The molecular formula is C40H22N6O2S. The lowest BCUT2D eigenvalue weighted by molar-refractivity contribution is 0.545. The third-order valence-electron chi connectivity index (χ3n) is 9.33. The van der Waals surface area contributed by atoms with Crippen LogP contribution in [-0.2, 0) is 0 Å². The van der Waals surface area contributed by atoms with E-state index in [1.54, 1.807) is 11.3 Å². The lowest BCUT2D eigenvalue weighted by atomic mass is 10.1. The van der Waals surface area contributed by atoms with Gasteiger partial charge in [0.05, 0.1) is 22.1 Å². The monoisotopic (exact) mass is 650 g/mol. The van der Waals surface area contributed by atoms with Crippen LogP contribution in [0.4, 0.5) is 0 Å². The maximum absolute atomic E-state index is 6.37. The van der Waals surface area contributed by atoms with Crippen LogP contribution in [0.3, 0.4) is 0 Å². The van der Waals surface area contributed by atoms with Gasteiger partial charge >= 0.3 is 12.0 Å².